The van der Waals surface area contributed by atoms with E-state index >= 15 is 0 Å². The zero-order valence-electron chi connectivity index (χ0n) is 23.6. The van der Waals surface area contributed by atoms with Crippen LogP contribution in [0, 0.1) is 29.1 Å². The molecule has 0 aromatic carbocycles. The molecule has 0 radical (unpaired) electrons. The first kappa shape index (κ1) is 31.4. The molecule has 0 bridgehead atoms. The van der Waals surface area contributed by atoms with Gasteiger partial charge in [0.15, 0.2) is 0 Å². The smallest absolute Gasteiger partial charge is 0.00330 e. The van der Waals surface area contributed by atoms with E-state index in [1.54, 1.807) is 0 Å². The van der Waals surface area contributed by atoms with Crippen molar-refractivity contribution in [2.45, 2.75) is 107 Å². The third-order valence-electron chi connectivity index (χ3n) is 7.75. The summed E-state index contributed by atoms with van der Waals surface area (Å²) in [5.74, 6) is 2.36. The molecule has 0 aromatic rings. The van der Waals surface area contributed by atoms with Crippen molar-refractivity contribution < 1.29 is 0 Å². The van der Waals surface area contributed by atoms with Gasteiger partial charge in [0.2, 0.25) is 0 Å². The summed E-state index contributed by atoms with van der Waals surface area (Å²) < 4.78 is 0. The molecule has 0 aliphatic rings. The molecule has 0 aromatic heterocycles. The van der Waals surface area contributed by atoms with E-state index in [1.165, 1.54) is 54.4 Å². The van der Waals surface area contributed by atoms with E-state index in [0.717, 1.165) is 19.3 Å². The fraction of sp³-hybridized carbons (Fsp3) is 0.636. The lowest BCUT2D eigenvalue weighted by atomic mass is 9.83. The van der Waals surface area contributed by atoms with E-state index in [4.69, 9.17) is 0 Å². The fourth-order valence-corrected chi connectivity index (χ4v) is 3.77. The highest BCUT2D eigenvalue weighted by molar-refractivity contribution is 5.10. The van der Waals surface area contributed by atoms with Gasteiger partial charge in [0.25, 0.3) is 0 Å². The summed E-state index contributed by atoms with van der Waals surface area (Å²) in [4.78, 5) is 0. The third kappa shape index (κ3) is 14.3. The minimum Gasteiger partial charge on any atom is -0.102 e. The molecular weight excluding hydrogens is 396 g/mol. The van der Waals surface area contributed by atoms with Crippen molar-refractivity contribution in [2.24, 2.45) is 29.1 Å². The fourth-order valence-electron chi connectivity index (χ4n) is 3.77. The van der Waals surface area contributed by atoms with E-state index < -0.39 is 0 Å². The van der Waals surface area contributed by atoms with Crippen molar-refractivity contribution in [1.82, 2.24) is 0 Å². The Bertz CT molecular complexity index is 685. The molecular formula is C33H56. The van der Waals surface area contributed by atoms with E-state index in [1.807, 2.05) is 0 Å². The maximum atomic E-state index is 4.37. The number of hydrogen-bond acceptors (Lipinski definition) is 0. The number of allylic oxidation sites excluding steroid dienone is 8. The molecule has 5 atom stereocenters. The van der Waals surface area contributed by atoms with Crippen LogP contribution in [0.1, 0.15) is 107 Å². The second-order valence-electron chi connectivity index (χ2n) is 11.3. The lowest BCUT2D eigenvalue weighted by molar-refractivity contribution is 0.479. The van der Waals surface area contributed by atoms with E-state index in [-0.39, 0.29) is 5.41 Å². The Morgan fingerprint density at radius 2 is 1.33 bits per heavy atom. The van der Waals surface area contributed by atoms with Crippen LogP contribution in [0.25, 0.3) is 0 Å². The number of rotatable bonds is 18. The first-order valence-corrected chi connectivity index (χ1v) is 13.3. The Morgan fingerprint density at radius 3 is 1.85 bits per heavy atom. The van der Waals surface area contributed by atoms with Crippen LogP contribution in [0.15, 0.2) is 72.9 Å². The Balaban J connectivity index is 4.53. The quantitative estimate of drug-likeness (QED) is 0.181. The standard InChI is InChI=1S/C33H56/c1-13-33(12,23-14-15-27(6)16-18-29(8)25(2)3)24-22-28(7)17-19-31(10)32(11)21-20-30(9)26(4)5/h13,15,22,24,28-31H,1-2,4,11,14,16-21,23H2,3,5-10,12H3/b24-22+,27-15+. The Morgan fingerprint density at radius 1 is 0.788 bits per heavy atom. The van der Waals surface area contributed by atoms with E-state index in [2.05, 4.69) is 106 Å². The maximum Gasteiger partial charge on any atom is 0.00330 e. The summed E-state index contributed by atoms with van der Waals surface area (Å²) >= 11 is 0. The van der Waals surface area contributed by atoms with Crippen LogP contribution in [-0.2, 0) is 0 Å². The van der Waals surface area contributed by atoms with Gasteiger partial charge in [0.1, 0.15) is 0 Å². The molecule has 0 saturated carbocycles. The molecule has 0 rings (SSSR count). The summed E-state index contributed by atoms with van der Waals surface area (Å²) in [5.41, 5.74) is 5.53. The van der Waals surface area contributed by atoms with Gasteiger partial charge in [-0.15, -0.1) is 6.58 Å². The monoisotopic (exact) mass is 452 g/mol. The van der Waals surface area contributed by atoms with Crippen molar-refractivity contribution >= 4 is 0 Å². The highest BCUT2D eigenvalue weighted by Crippen LogP contribution is 2.30. The molecule has 0 aliphatic heterocycles. The van der Waals surface area contributed by atoms with Gasteiger partial charge < -0.3 is 0 Å². The maximum absolute atomic E-state index is 4.37. The lowest BCUT2D eigenvalue weighted by Gasteiger charge is -2.22. The average Bonchev–Trinajstić information content (AvgIpc) is 2.77. The van der Waals surface area contributed by atoms with E-state index in [9.17, 15) is 0 Å². The topological polar surface area (TPSA) is 0 Å². The van der Waals surface area contributed by atoms with Crippen LogP contribution in [0.5, 0.6) is 0 Å². The average molecular weight is 453 g/mol. The molecule has 0 heterocycles. The molecule has 0 spiro atoms. The van der Waals surface area contributed by atoms with Crippen LogP contribution in [-0.4, -0.2) is 0 Å². The Hall–Kier alpha value is -1.56. The zero-order valence-corrected chi connectivity index (χ0v) is 23.6. The van der Waals surface area contributed by atoms with Gasteiger partial charge in [-0.2, -0.15) is 0 Å². The van der Waals surface area contributed by atoms with Crippen molar-refractivity contribution in [3.05, 3.63) is 72.9 Å². The summed E-state index contributed by atoms with van der Waals surface area (Å²) in [5, 5.41) is 0. The van der Waals surface area contributed by atoms with Crippen molar-refractivity contribution in [3.63, 3.8) is 0 Å². The zero-order chi connectivity index (χ0) is 25.6. The van der Waals surface area contributed by atoms with Crippen molar-refractivity contribution in [1.29, 1.82) is 0 Å². The third-order valence-corrected chi connectivity index (χ3v) is 7.75. The molecule has 5 unspecified atom stereocenters. The second kappa shape index (κ2) is 16.1. The van der Waals surface area contributed by atoms with Gasteiger partial charge in [-0.1, -0.05) is 101 Å². The van der Waals surface area contributed by atoms with Crippen LogP contribution in [0.2, 0.25) is 0 Å². The SMILES string of the molecule is C=CC(C)(/C=C/C(C)CCC(C)C(=C)CCC(C)C(=C)C)CC/C=C(\C)CCC(C)C(=C)C. The molecule has 188 valence electrons. The summed E-state index contributed by atoms with van der Waals surface area (Å²) in [6.45, 7) is 34.7. The number of hydrogen-bond donors (Lipinski definition) is 0. The van der Waals surface area contributed by atoms with Gasteiger partial charge in [-0.25, -0.2) is 0 Å². The molecule has 0 fully saturated rings. The summed E-state index contributed by atoms with van der Waals surface area (Å²) in [6, 6.07) is 0. The van der Waals surface area contributed by atoms with Crippen LogP contribution < -0.4 is 0 Å². The van der Waals surface area contributed by atoms with Gasteiger partial charge in [-0.3, -0.25) is 0 Å². The molecule has 0 N–H and O–H groups in total. The van der Waals surface area contributed by atoms with Crippen molar-refractivity contribution in [2.75, 3.05) is 0 Å². The predicted molar refractivity (Wildman–Crippen MR) is 154 cm³/mol. The highest BCUT2D eigenvalue weighted by atomic mass is 14.2. The van der Waals surface area contributed by atoms with Gasteiger partial charge >= 0.3 is 0 Å². The molecule has 33 heavy (non-hydrogen) atoms. The van der Waals surface area contributed by atoms with E-state index in [0.29, 0.717) is 23.7 Å². The first-order chi connectivity index (χ1) is 15.3. The second-order valence-corrected chi connectivity index (χ2v) is 11.3. The van der Waals surface area contributed by atoms with Crippen molar-refractivity contribution in [3.8, 4) is 0 Å². The van der Waals surface area contributed by atoms with Gasteiger partial charge in [0, 0.05) is 5.41 Å². The molecule has 0 amide bonds. The lowest BCUT2D eigenvalue weighted by Crippen LogP contribution is -2.09. The summed E-state index contributed by atoms with van der Waals surface area (Å²) in [6.07, 6.45) is 18.6. The van der Waals surface area contributed by atoms with Gasteiger partial charge in [-0.05, 0) is 95.8 Å². The van der Waals surface area contributed by atoms with Crippen LogP contribution in [0.3, 0.4) is 0 Å². The van der Waals surface area contributed by atoms with Crippen LogP contribution >= 0.6 is 0 Å². The van der Waals surface area contributed by atoms with Crippen LogP contribution in [0.4, 0.5) is 0 Å². The molecule has 0 saturated heterocycles. The molecule has 0 nitrogen and oxygen atoms in total. The highest BCUT2D eigenvalue weighted by Gasteiger charge is 2.16. The first-order valence-electron chi connectivity index (χ1n) is 13.3. The molecule has 0 heteroatoms. The largest absolute Gasteiger partial charge is 0.102 e. The summed E-state index contributed by atoms with van der Waals surface area (Å²) in [7, 11) is 0. The minimum absolute atomic E-state index is 0.0595. The minimum atomic E-state index is 0.0595. The Kier molecular flexibility index (Phi) is 15.4. The predicted octanol–water partition coefficient (Wildman–Crippen LogP) is 11.1. The van der Waals surface area contributed by atoms with Gasteiger partial charge in [0.05, 0.1) is 0 Å². The normalized spacial score (nSPS) is 17.8. The Labute approximate surface area is 208 Å². The molecule has 0 aliphatic carbocycles.